The van der Waals surface area contributed by atoms with Crippen LogP contribution in [0.1, 0.15) is 23.1 Å². The molecule has 1 nitrogen and oxygen atoms in total. The summed E-state index contributed by atoms with van der Waals surface area (Å²) in [5, 5.41) is 8.00. The van der Waals surface area contributed by atoms with Gasteiger partial charge in [0.15, 0.2) is 0 Å². The Kier molecular flexibility index (Phi) is 4.00. The second-order valence-corrected chi connectivity index (χ2v) is 6.28. The molecule has 0 amide bonds. The molecule has 1 heterocycles. The molecule has 0 bridgehead atoms. The normalized spacial score (nSPS) is 19.9. The van der Waals surface area contributed by atoms with E-state index < -0.39 is 0 Å². The fraction of sp³-hybridized carbons (Fsp3) is 0.412. The van der Waals surface area contributed by atoms with Crippen molar-refractivity contribution in [2.75, 3.05) is 7.05 Å². The molecule has 2 heteroatoms. The quantitative estimate of drug-likeness (QED) is 0.894. The maximum absolute atomic E-state index is 3.55. The number of likely N-dealkylation sites (N-methyl/N-ethyl adjacent to an activating group) is 1. The minimum Gasteiger partial charge on any atom is -0.316 e. The van der Waals surface area contributed by atoms with Crippen LogP contribution < -0.4 is 5.32 Å². The molecule has 3 rings (SSSR count). The van der Waals surface area contributed by atoms with Crippen molar-refractivity contribution in [2.24, 2.45) is 5.92 Å². The molecule has 1 aromatic carbocycles. The lowest BCUT2D eigenvalue weighted by atomic mass is 9.78. The van der Waals surface area contributed by atoms with Crippen molar-refractivity contribution in [3.05, 3.63) is 57.8 Å². The van der Waals surface area contributed by atoms with Gasteiger partial charge in [0.25, 0.3) is 0 Å². The number of benzene rings is 1. The molecule has 1 aromatic heterocycles. The lowest BCUT2D eigenvalue weighted by Crippen LogP contribution is -2.38. The Morgan fingerprint density at radius 1 is 1.26 bits per heavy atom. The van der Waals surface area contributed by atoms with E-state index in [1.165, 1.54) is 24.8 Å². The number of hydrogen-bond acceptors (Lipinski definition) is 2. The molecule has 0 fully saturated rings. The summed E-state index contributed by atoms with van der Waals surface area (Å²) in [6.07, 6.45) is 4.94. The summed E-state index contributed by atoms with van der Waals surface area (Å²) in [5.41, 5.74) is 4.59. The Hall–Kier alpha value is -1.12. The van der Waals surface area contributed by atoms with Gasteiger partial charge in [-0.15, -0.1) is 0 Å². The van der Waals surface area contributed by atoms with E-state index in [-0.39, 0.29) is 0 Å². The van der Waals surface area contributed by atoms with Gasteiger partial charge in [0.05, 0.1) is 0 Å². The zero-order chi connectivity index (χ0) is 13.1. The van der Waals surface area contributed by atoms with Gasteiger partial charge < -0.3 is 5.32 Å². The minimum absolute atomic E-state index is 0.600. The standard InChI is InChI=1S/C17H21NS/c1-18-17(10-13-8-9-19-12-13)16-7-6-14-4-2-3-5-15(14)11-16/h2-5,8-9,12,16-18H,6-7,10-11H2,1H3. The van der Waals surface area contributed by atoms with Gasteiger partial charge in [-0.05, 0) is 72.2 Å². The molecule has 0 saturated carbocycles. The minimum atomic E-state index is 0.600. The van der Waals surface area contributed by atoms with E-state index in [1.54, 1.807) is 22.5 Å². The predicted molar refractivity (Wildman–Crippen MR) is 82.8 cm³/mol. The van der Waals surface area contributed by atoms with Crippen LogP contribution >= 0.6 is 11.3 Å². The maximum Gasteiger partial charge on any atom is 0.0136 e. The molecule has 100 valence electrons. The number of hydrogen-bond donors (Lipinski definition) is 1. The number of rotatable bonds is 4. The zero-order valence-corrected chi connectivity index (χ0v) is 12.2. The molecular weight excluding hydrogens is 250 g/mol. The van der Waals surface area contributed by atoms with E-state index in [9.17, 15) is 0 Å². The summed E-state index contributed by atoms with van der Waals surface area (Å²) in [4.78, 5) is 0. The van der Waals surface area contributed by atoms with E-state index in [0.717, 1.165) is 12.3 Å². The number of aryl methyl sites for hydroxylation is 1. The average Bonchev–Trinajstić information content (AvgIpc) is 2.97. The summed E-state index contributed by atoms with van der Waals surface area (Å²) in [6, 6.07) is 11.8. The third kappa shape index (κ3) is 2.90. The van der Waals surface area contributed by atoms with Crippen molar-refractivity contribution in [3.8, 4) is 0 Å². The van der Waals surface area contributed by atoms with Crippen LogP contribution in [-0.2, 0) is 19.3 Å². The lowest BCUT2D eigenvalue weighted by molar-refractivity contribution is 0.333. The van der Waals surface area contributed by atoms with Crippen molar-refractivity contribution in [3.63, 3.8) is 0 Å². The predicted octanol–water partition coefficient (Wildman–Crippen LogP) is 3.68. The van der Waals surface area contributed by atoms with E-state index in [1.807, 2.05) is 0 Å². The second kappa shape index (κ2) is 5.89. The summed E-state index contributed by atoms with van der Waals surface area (Å²) in [5.74, 6) is 0.764. The van der Waals surface area contributed by atoms with Crippen LogP contribution in [-0.4, -0.2) is 13.1 Å². The van der Waals surface area contributed by atoms with Crippen LogP contribution in [0.3, 0.4) is 0 Å². The first-order valence-electron chi connectivity index (χ1n) is 7.12. The fourth-order valence-corrected chi connectivity index (χ4v) is 3.92. The number of thiophene rings is 1. The Balaban J connectivity index is 1.72. The van der Waals surface area contributed by atoms with E-state index in [4.69, 9.17) is 0 Å². The highest BCUT2D eigenvalue weighted by atomic mass is 32.1. The molecule has 19 heavy (non-hydrogen) atoms. The van der Waals surface area contributed by atoms with Crippen LogP contribution in [0.25, 0.3) is 0 Å². The Bertz CT molecular complexity index is 518. The van der Waals surface area contributed by atoms with E-state index in [0.29, 0.717) is 6.04 Å². The lowest BCUT2D eigenvalue weighted by Gasteiger charge is -2.31. The van der Waals surface area contributed by atoms with Gasteiger partial charge in [0.1, 0.15) is 0 Å². The number of fused-ring (bicyclic) bond motifs is 1. The van der Waals surface area contributed by atoms with Gasteiger partial charge in [-0.1, -0.05) is 24.3 Å². The molecule has 1 aliphatic carbocycles. The molecule has 1 aliphatic rings. The molecular formula is C17H21NS. The first-order chi connectivity index (χ1) is 9.36. The molecule has 1 N–H and O–H groups in total. The molecule has 0 aliphatic heterocycles. The first-order valence-corrected chi connectivity index (χ1v) is 8.06. The summed E-state index contributed by atoms with van der Waals surface area (Å²) in [6.45, 7) is 0. The molecule has 0 saturated heterocycles. The van der Waals surface area contributed by atoms with Gasteiger partial charge in [0.2, 0.25) is 0 Å². The SMILES string of the molecule is CNC(Cc1ccsc1)C1CCc2ccccc2C1. The van der Waals surface area contributed by atoms with Gasteiger partial charge in [-0.2, -0.15) is 11.3 Å². The van der Waals surface area contributed by atoms with Gasteiger partial charge in [-0.25, -0.2) is 0 Å². The van der Waals surface area contributed by atoms with Crippen LogP contribution in [0.2, 0.25) is 0 Å². The highest BCUT2D eigenvalue weighted by Gasteiger charge is 2.25. The zero-order valence-electron chi connectivity index (χ0n) is 11.4. The molecule has 0 radical (unpaired) electrons. The summed E-state index contributed by atoms with van der Waals surface area (Å²) < 4.78 is 0. The maximum atomic E-state index is 3.55. The van der Waals surface area contributed by atoms with Crippen molar-refractivity contribution in [1.29, 1.82) is 0 Å². The largest absolute Gasteiger partial charge is 0.316 e. The van der Waals surface area contributed by atoms with Gasteiger partial charge in [-0.3, -0.25) is 0 Å². The van der Waals surface area contributed by atoms with Crippen molar-refractivity contribution in [2.45, 2.75) is 31.7 Å². The molecule has 2 unspecified atom stereocenters. The molecule has 2 atom stereocenters. The first kappa shape index (κ1) is 12.9. The highest BCUT2D eigenvalue weighted by molar-refractivity contribution is 7.07. The summed E-state index contributed by atoms with van der Waals surface area (Å²) in [7, 11) is 2.11. The van der Waals surface area contributed by atoms with E-state index >= 15 is 0 Å². The number of nitrogens with one attached hydrogen (secondary N) is 1. The highest BCUT2D eigenvalue weighted by Crippen LogP contribution is 2.28. The smallest absolute Gasteiger partial charge is 0.0136 e. The van der Waals surface area contributed by atoms with Gasteiger partial charge >= 0.3 is 0 Å². The Morgan fingerprint density at radius 3 is 2.84 bits per heavy atom. The van der Waals surface area contributed by atoms with Gasteiger partial charge in [0, 0.05) is 6.04 Å². The van der Waals surface area contributed by atoms with Crippen molar-refractivity contribution < 1.29 is 0 Å². The third-order valence-electron chi connectivity index (χ3n) is 4.36. The average molecular weight is 271 g/mol. The van der Waals surface area contributed by atoms with Crippen molar-refractivity contribution in [1.82, 2.24) is 5.32 Å². The van der Waals surface area contributed by atoms with E-state index in [2.05, 4.69) is 53.5 Å². The Labute approximate surface area is 119 Å². The topological polar surface area (TPSA) is 12.0 Å². The van der Waals surface area contributed by atoms with Crippen LogP contribution in [0.4, 0.5) is 0 Å². The summed E-state index contributed by atoms with van der Waals surface area (Å²) >= 11 is 1.80. The molecule has 2 aromatic rings. The molecule has 0 spiro atoms. The van der Waals surface area contributed by atoms with Crippen molar-refractivity contribution >= 4 is 11.3 Å². The third-order valence-corrected chi connectivity index (χ3v) is 5.09. The van der Waals surface area contributed by atoms with Crippen LogP contribution in [0.15, 0.2) is 41.1 Å². The fourth-order valence-electron chi connectivity index (χ4n) is 3.24. The van der Waals surface area contributed by atoms with Crippen LogP contribution in [0.5, 0.6) is 0 Å². The monoisotopic (exact) mass is 271 g/mol. The Morgan fingerprint density at radius 2 is 2.11 bits per heavy atom. The second-order valence-electron chi connectivity index (χ2n) is 5.50. The van der Waals surface area contributed by atoms with Crippen LogP contribution in [0, 0.1) is 5.92 Å².